The molecule has 24 heavy (non-hydrogen) atoms. The summed E-state index contributed by atoms with van der Waals surface area (Å²) in [6.45, 7) is 5.74. The topological polar surface area (TPSA) is 88.3 Å². The minimum atomic E-state index is -0.881. The van der Waals surface area contributed by atoms with E-state index in [1.54, 1.807) is 6.92 Å². The average Bonchev–Trinajstić information content (AvgIpc) is 3.07. The zero-order valence-corrected chi connectivity index (χ0v) is 13.9. The molecule has 3 amide bonds. The number of aromatic nitrogens is 2. The fourth-order valence-electron chi connectivity index (χ4n) is 3.00. The van der Waals surface area contributed by atoms with Crippen LogP contribution in [0.4, 0.5) is 4.79 Å². The van der Waals surface area contributed by atoms with Crippen LogP contribution in [0.5, 0.6) is 0 Å². The van der Waals surface area contributed by atoms with E-state index in [1.165, 1.54) is 0 Å². The van der Waals surface area contributed by atoms with Crippen LogP contribution in [-0.2, 0) is 11.3 Å². The maximum Gasteiger partial charge on any atom is 0.325 e. The van der Waals surface area contributed by atoms with E-state index in [-0.39, 0.29) is 24.3 Å². The summed E-state index contributed by atoms with van der Waals surface area (Å²) in [6.07, 6.45) is 0.577. The summed E-state index contributed by atoms with van der Waals surface area (Å²) in [5.41, 5.74) is -0.0915. The summed E-state index contributed by atoms with van der Waals surface area (Å²) in [7, 11) is 0. The molecule has 1 atom stereocenters. The third-order valence-corrected chi connectivity index (χ3v) is 3.94. The van der Waals surface area contributed by atoms with Crippen molar-refractivity contribution in [2.75, 3.05) is 0 Å². The SMILES string of the molecule is CC(C)C[C@@]1(C)NC(=O)N(Cc2nnc(-c3ccccc3)o2)C1=O. The van der Waals surface area contributed by atoms with Crippen LogP contribution >= 0.6 is 0 Å². The van der Waals surface area contributed by atoms with Crippen LogP contribution in [0.2, 0.25) is 0 Å². The Balaban J connectivity index is 1.76. The van der Waals surface area contributed by atoms with Crippen LogP contribution in [0.1, 0.15) is 33.1 Å². The number of benzene rings is 1. The van der Waals surface area contributed by atoms with Gasteiger partial charge in [0.1, 0.15) is 12.1 Å². The number of hydrogen-bond donors (Lipinski definition) is 1. The average molecular weight is 328 g/mol. The van der Waals surface area contributed by atoms with Crippen LogP contribution in [0.15, 0.2) is 34.7 Å². The van der Waals surface area contributed by atoms with E-state index in [0.29, 0.717) is 12.3 Å². The zero-order valence-electron chi connectivity index (χ0n) is 13.9. The molecule has 1 N–H and O–H groups in total. The Morgan fingerprint density at radius 1 is 1.21 bits per heavy atom. The second-order valence-corrected chi connectivity index (χ2v) is 6.62. The van der Waals surface area contributed by atoms with E-state index in [9.17, 15) is 9.59 Å². The molecule has 0 spiro atoms. The van der Waals surface area contributed by atoms with Crippen molar-refractivity contribution in [2.45, 2.75) is 39.3 Å². The van der Waals surface area contributed by atoms with Crippen LogP contribution in [0, 0.1) is 5.92 Å². The fourth-order valence-corrected chi connectivity index (χ4v) is 3.00. The van der Waals surface area contributed by atoms with Gasteiger partial charge in [-0.05, 0) is 31.4 Å². The van der Waals surface area contributed by atoms with Gasteiger partial charge in [-0.25, -0.2) is 4.79 Å². The van der Waals surface area contributed by atoms with Crippen molar-refractivity contribution in [1.29, 1.82) is 0 Å². The first kappa shape index (κ1) is 16.2. The van der Waals surface area contributed by atoms with Crippen molar-refractivity contribution in [3.05, 3.63) is 36.2 Å². The molecule has 1 aromatic carbocycles. The maximum absolute atomic E-state index is 12.6. The highest BCUT2D eigenvalue weighted by Crippen LogP contribution is 2.26. The Kier molecular flexibility index (Phi) is 4.09. The highest BCUT2D eigenvalue weighted by atomic mass is 16.4. The first-order chi connectivity index (χ1) is 11.4. The van der Waals surface area contributed by atoms with Crippen LogP contribution in [-0.4, -0.2) is 32.6 Å². The summed E-state index contributed by atoms with van der Waals surface area (Å²) in [5.74, 6) is 0.613. The van der Waals surface area contributed by atoms with Gasteiger partial charge in [0, 0.05) is 5.56 Å². The van der Waals surface area contributed by atoms with Crippen molar-refractivity contribution in [3.8, 4) is 11.5 Å². The minimum Gasteiger partial charge on any atom is -0.419 e. The van der Waals surface area contributed by atoms with Crippen molar-refractivity contribution >= 4 is 11.9 Å². The molecule has 0 bridgehead atoms. The molecule has 2 heterocycles. The lowest BCUT2D eigenvalue weighted by Crippen LogP contribution is -2.44. The lowest BCUT2D eigenvalue weighted by Gasteiger charge is -2.23. The number of hydrogen-bond acceptors (Lipinski definition) is 5. The van der Waals surface area contributed by atoms with Gasteiger partial charge in [0.25, 0.3) is 5.91 Å². The lowest BCUT2D eigenvalue weighted by molar-refractivity contribution is -0.131. The van der Waals surface area contributed by atoms with E-state index >= 15 is 0 Å². The second-order valence-electron chi connectivity index (χ2n) is 6.62. The molecule has 1 aliphatic heterocycles. The zero-order chi connectivity index (χ0) is 17.3. The molecule has 0 saturated carbocycles. The van der Waals surface area contributed by atoms with E-state index in [2.05, 4.69) is 15.5 Å². The summed E-state index contributed by atoms with van der Waals surface area (Å²) < 4.78 is 5.58. The number of carbonyl (C=O) groups is 2. The first-order valence-corrected chi connectivity index (χ1v) is 7.91. The minimum absolute atomic E-state index is 0.0296. The Hall–Kier alpha value is -2.70. The third kappa shape index (κ3) is 3.02. The number of nitrogens with zero attached hydrogens (tertiary/aromatic N) is 3. The third-order valence-electron chi connectivity index (χ3n) is 3.94. The monoisotopic (exact) mass is 328 g/mol. The first-order valence-electron chi connectivity index (χ1n) is 7.91. The Morgan fingerprint density at radius 2 is 1.92 bits per heavy atom. The van der Waals surface area contributed by atoms with Crippen LogP contribution in [0.25, 0.3) is 11.5 Å². The molecule has 3 rings (SSSR count). The van der Waals surface area contributed by atoms with Gasteiger partial charge in [-0.2, -0.15) is 0 Å². The predicted octanol–water partition coefficient (Wildman–Crippen LogP) is 2.59. The highest BCUT2D eigenvalue weighted by Gasteiger charge is 2.48. The van der Waals surface area contributed by atoms with E-state index in [0.717, 1.165) is 10.5 Å². The van der Waals surface area contributed by atoms with Gasteiger partial charge in [-0.15, -0.1) is 10.2 Å². The quantitative estimate of drug-likeness (QED) is 0.852. The molecule has 7 nitrogen and oxygen atoms in total. The molecule has 0 unspecified atom stereocenters. The van der Waals surface area contributed by atoms with Crippen molar-refractivity contribution < 1.29 is 14.0 Å². The van der Waals surface area contributed by atoms with Crippen molar-refractivity contribution in [1.82, 2.24) is 20.4 Å². The number of carbonyl (C=O) groups excluding carboxylic acids is 2. The van der Waals surface area contributed by atoms with Gasteiger partial charge >= 0.3 is 6.03 Å². The number of nitrogens with one attached hydrogen (secondary N) is 1. The van der Waals surface area contributed by atoms with E-state index in [4.69, 9.17) is 4.42 Å². The Morgan fingerprint density at radius 3 is 2.58 bits per heavy atom. The van der Waals surface area contributed by atoms with Gasteiger partial charge in [-0.3, -0.25) is 9.69 Å². The van der Waals surface area contributed by atoms with Crippen molar-refractivity contribution in [2.24, 2.45) is 5.92 Å². The molecule has 1 aliphatic rings. The van der Waals surface area contributed by atoms with E-state index < -0.39 is 11.6 Å². The molecule has 2 aromatic rings. The second kappa shape index (κ2) is 6.07. The highest BCUT2D eigenvalue weighted by molar-refractivity contribution is 6.06. The molecular weight excluding hydrogens is 308 g/mol. The summed E-state index contributed by atoms with van der Waals surface area (Å²) in [4.78, 5) is 25.9. The lowest BCUT2D eigenvalue weighted by atomic mass is 9.91. The van der Waals surface area contributed by atoms with E-state index in [1.807, 2.05) is 44.2 Å². The van der Waals surface area contributed by atoms with Gasteiger partial charge in [-0.1, -0.05) is 32.0 Å². The molecule has 0 aliphatic carbocycles. The maximum atomic E-state index is 12.6. The summed E-state index contributed by atoms with van der Waals surface area (Å²) in [5, 5.41) is 10.7. The number of rotatable bonds is 5. The molecule has 1 saturated heterocycles. The molecule has 126 valence electrons. The fraction of sp³-hybridized carbons (Fsp3) is 0.412. The van der Waals surface area contributed by atoms with Gasteiger partial charge in [0.15, 0.2) is 0 Å². The molecule has 1 fully saturated rings. The van der Waals surface area contributed by atoms with Gasteiger partial charge in [0.2, 0.25) is 11.8 Å². The number of urea groups is 1. The molecule has 0 radical (unpaired) electrons. The number of imide groups is 1. The Labute approximate surface area is 140 Å². The summed E-state index contributed by atoms with van der Waals surface area (Å²) >= 11 is 0. The molecule has 1 aromatic heterocycles. The van der Waals surface area contributed by atoms with Crippen molar-refractivity contribution in [3.63, 3.8) is 0 Å². The van der Waals surface area contributed by atoms with Gasteiger partial charge in [0.05, 0.1) is 0 Å². The van der Waals surface area contributed by atoms with Crippen LogP contribution < -0.4 is 5.32 Å². The standard InChI is InChI=1S/C17H20N4O3/c1-11(2)9-17(3)15(22)21(16(23)18-17)10-13-19-20-14(24-13)12-7-5-4-6-8-12/h4-8,11H,9-10H2,1-3H3,(H,18,23)/t17-/m1/s1. The van der Waals surface area contributed by atoms with Gasteiger partial charge < -0.3 is 9.73 Å². The largest absolute Gasteiger partial charge is 0.419 e. The smallest absolute Gasteiger partial charge is 0.325 e. The molecule has 7 heteroatoms. The number of amides is 3. The van der Waals surface area contributed by atoms with Crippen LogP contribution in [0.3, 0.4) is 0 Å². The Bertz CT molecular complexity index is 756. The predicted molar refractivity (Wildman–Crippen MR) is 86.7 cm³/mol. The summed E-state index contributed by atoms with van der Waals surface area (Å²) in [6, 6.07) is 8.91. The normalized spacial score (nSPS) is 20.8. The molecular formula is C17H20N4O3.